The first-order valence-electron chi connectivity index (χ1n) is 10.2. The molecule has 0 aliphatic heterocycles. The molecule has 1 unspecified atom stereocenters. The molecule has 0 saturated heterocycles. The second-order valence-electron chi connectivity index (χ2n) is 7.50. The van der Waals surface area contributed by atoms with E-state index >= 15 is 0 Å². The molecule has 9 heteroatoms. The molecule has 1 atom stereocenters. The summed E-state index contributed by atoms with van der Waals surface area (Å²) in [6, 6.07) is 17.9. The fourth-order valence-corrected chi connectivity index (χ4v) is 4.56. The zero-order valence-corrected chi connectivity index (χ0v) is 19.0. The second-order valence-corrected chi connectivity index (χ2v) is 9.36. The zero-order valence-electron chi connectivity index (χ0n) is 18.2. The van der Waals surface area contributed by atoms with Gasteiger partial charge in [0.05, 0.1) is 17.1 Å². The molecular formula is C24H25FN2O5S. The number of ether oxygens (including phenoxy) is 1. The Morgan fingerprint density at radius 3 is 2.21 bits per heavy atom. The number of aliphatic hydroxyl groups excluding tert-OH is 1. The maximum absolute atomic E-state index is 13.4. The molecule has 0 aromatic heterocycles. The molecule has 0 fully saturated rings. The highest BCUT2D eigenvalue weighted by molar-refractivity contribution is 7.92. The van der Waals surface area contributed by atoms with E-state index < -0.39 is 21.9 Å². The number of hydrogen-bond donors (Lipinski definition) is 2. The van der Waals surface area contributed by atoms with Crippen molar-refractivity contribution in [1.29, 1.82) is 0 Å². The van der Waals surface area contributed by atoms with Crippen LogP contribution in [0.4, 0.5) is 15.8 Å². The summed E-state index contributed by atoms with van der Waals surface area (Å²) in [5.41, 5.74) is 1.72. The monoisotopic (exact) mass is 472 g/mol. The predicted molar refractivity (Wildman–Crippen MR) is 124 cm³/mol. The van der Waals surface area contributed by atoms with Crippen LogP contribution in [0.2, 0.25) is 0 Å². The molecule has 0 heterocycles. The first-order valence-corrected chi connectivity index (χ1v) is 11.6. The van der Waals surface area contributed by atoms with Crippen molar-refractivity contribution in [2.75, 3.05) is 22.8 Å². The number of anilines is 2. The number of halogens is 1. The Hall–Kier alpha value is -3.43. The molecule has 0 radical (unpaired) electrons. The highest BCUT2D eigenvalue weighted by Crippen LogP contribution is 2.25. The van der Waals surface area contributed by atoms with E-state index in [0.717, 1.165) is 22.0 Å². The number of sulfonamides is 1. The average Bonchev–Trinajstić information content (AvgIpc) is 2.77. The summed E-state index contributed by atoms with van der Waals surface area (Å²) < 4.78 is 46.6. The van der Waals surface area contributed by atoms with Crippen LogP contribution in [0.5, 0.6) is 5.75 Å². The predicted octanol–water partition coefficient (Wildman–Crippen LogP) is 3.73. The Balaban J connectivity index is 1.76. The van der Waals surface area contributed by atoms with Crippen molar-refractivity contribution >= 4 is 27.3 Å². The van der Waals surface area contributed by atoms with Crippen molar-refractivity contribution in [1.82, 2.24) is 0 Å². The maximum Gasteiger partial charge on any atom is 0.264 e. The largest absolute Gasteiger partial charge is 0.491 e. The van der Waals surface area contributed by atoms with Crippen LogP contribution in [0.3, 0.4) is 0 Å². The number of hydrogen-bond acceptors (Lipinski definition) is 5. The van der Waals surface area contributed by atoms with Gasteiger partial charge < -0.3 is 15.2 Å². The van der Waals surface area contributed by atoms with E-state index in [-0.39, 0.29) is 29.6 Å². The van der Waals surface area contributed by atoms with E-state index in [1.807, 2.05) is 6.92 Å². The van der Waals surface area contributed by atoms with E-state index in [9.17, 15) is 22.7 Å². The molecule has 174 valence electrons. The molecule has 7 nitrogen and oxygen atoms in total. The topological polar surface area (TPSA) is 95.9 Å². The Kier molecular flexibility index (Phi) is 7.67. The zero-order chi connectivity index (χ0) is 24.0. The molecule has 3 aromatic rings. The highest BCUT2D eigenvalue weighted by atomic mass is 32.2. The lowest BCUT2D eigenvalue weighted by molar-refractivity contribution is -0.114. The third-order valence-electron chi connectivity index (χ3n) is 4.72. The highest BCUT2D eigenvalue weighted by Gasteiger charge is 2.27. The summed E-state index contributed by atoms with van der Waals surface area (Å²) >= 11 is 0. The molecule has 2 N–H and O–H groups in total. The van der Waals surface area contributed by atoms with Crippen LogP contribution >= 0.6 is 0 Å². The minimum atomic E-state index is -4.02. The van der Waals surface area contributed by atoms with Gasteiger partial charge in [0.15, 0.2) is 0 Å². The quantitative estimate of drug-likeness (QED) is 0.495. The normalized spacial score (nSPS) is 12.1. The lowest BCUT2D eigenvalue weighted by Gasteiger charge is -2.27. The van der Waals surface area contributed by atoms with E-state index in [1.165, 1.54) is 31.2 Å². The summed E-state index contributed by atoms with van der Waals surface area (Å²) in [7, 11) is -4.02. The van der Waals surface area contributed by atoms with Gasteiger partial charge in [-0.15, -0.1) is 0 Å². The standard InChI is InChI=1S/C24H25FN2O5S/c1-17-3-13-24(14-4-17)33(30,31)27(21-9-5-19(25)6-10-21)15-22(29)16-32-23-11-7-20(8-12-23)26-18(2)28/h3-14,22,29H,15-16H2,1-2H3,(H,26,28). The number of carbonyl (C=O) groups is 1. The molecule has 33 heavy (non-hydrogen) atoms. The van der Waals surface area contributed by atoms with Crippen molar-refractivity contribution in [2.24, 2.45) is 0 Å². The minimum Gasteiger partial charge on any atom is -0.491 e. The molecule has 3 aromatic carbocycles. The molecular weight excluding hydrogens is 447 g/mol. The lowest BCUT2D eigenvalue weighted by atomic mass is 10.2. The number of rotatable bonds is 9. The summed E-state index contributed by atoms with van der Waals surface area (Å²) in [6.45, 7) is 2.77. The van der Waals surface area contributed by atoms with Crippen LogP contribution in [-0.2, 0) is 14.8 Å². The minimum absolute atomic E-state index is 0.0547. The number of nitrogens with one attached hydrogen (secondary N) is 1. The van der Waals surface area contributed by atoms with Crippen LogP contribution in [0.15, 0.2) is 77.7 Å². The molecule has 0 aliphatic rings. The van der Waals surface area contributed by atoms with Gasteiger partial charge in [0.2, 0.25) is 5.91 Å². The van der Waals surface area contributed by atoms with Crippen LogP contribution in [0.1, 0.15) is 12.5 Å². The van der Waals surface area contributed by atoms with E-state index in [4.69, 9.17) is 4.74 Å². The van der Waals surface area contributed by atoms with Gasteiger partial charge in [-0.2, -0.15) is 0 Å². The van der Waals surface area contributed by atoms with Crippen molar-refractivity contribution in [3.63, 3.8) is 0 Å². The van der Waals surface area contributed by atoms with Gasteiger partial charge in [0.1, 0.15) is 24.3 Å². The Morgan fingerprint density at radius 1 is 1.03 bits per heavy atom. The second kappa shape index (κ2) is 10.5. The van der Waals surface area contributed by atoms with Crippen molar-refractivity contribution < 1.29 is 27.4 Å². The Morgan fingerprint density at radius 2 is 1.64 bits per heavy atom. The van der Waals surface area contributed by atoms with Gasteiger partial charge in [0, 0.05) is 12.6 Å². The molecule has 0 spiro atoms. The number of carbonyl (C=O) groups excluding carboxylic acids is 1. The summed E-state index contributed by atoms with van der Waals surface area (Å²) in [5, 5.41) is 13.2. The van der Waals surface area contributed by atoms with Gasteiger partial charge in [-0.3, -0.25) is 9.10 Å². The smallest absolute Gasteiger partial charge is 0.264 e. The van der Waals surface area contributed by atoms with Crippen molar-refractivity contribution in [3.8, 4) is 5.75 Å². The summed E-state index contributed by atoms with van der Waals surface area (Å²) in [5.74, 6) is -0.259. The summed E-state index contributed by atoms with van der Waals surface area (Å²) in [6.07, 6.45) is -1.18. The molecule has 0 aliphatic carbocycles. The molecule has 1 amide bonds. The number of amides is 1. The average molecular weight is 473 g/mol. The first-order chi connectivity index (χ1) is 15.6. The van der Waals surface area contributed by atoms with Gasteiger partial charge in [-0.05, 0) is 67.6 Å². The number of aliphatic hydroxyl groups is 1. The van der Waals surface area contributed by atoms with E-state index in [1.54, 1.807) is 36.4 Å². The van der Waals surface area contributed by atoms with Crippen LogP contribution in [-0.4, -0.2) is 38.7 Å². The Bertz CT molecular complexity index is 1180. The van der Waals surface area contributed by atoms with Crippen LogP contribution in [0, 0.1) is 12.7 Å². The number of benzene rings is 3. The van der Waals surface area contributed by atoms with Gasteiger partial charge in [-0.25, -0.2) is 12.8 Å². The fraction of sp³-hybridized carbons (Fsp3) is 0.208. The van der Waals surface area contributed by atoms with Crippen LogP contribution < -0.4 is 14.4 Å². The van der Waals surface area contributed by atoms with Gasteiger partial charge in [0.25, 0.3) is 10.0 Å². The van der Waals surface area contributed by atoms with Gasteiger partial charge in [-0.1, -0.05) is 17.7 Å². The van der Waals surface area contributed by atoms with Crippen LogP contribution in [0.25, 0.3) is 0 Å². The van der Waals surface area contributed by atoms with E-state index in [2.05, 4.69) is 5.32 Å². The maximum atomic E-state index is 13.4. The fourth-order valence-electron chi connectivity index (χ4n) is 3.06. The van der Waals surface area contributed by atoms with Crippen molar-refractivity contribution in [2.45, 2.75) is 24.8 Å². The lowest BCUT2D eigenvalue weighted by Crippen LogP contribution is -2.40. The third kappa shape index (κ3) is 6.53. The molecule has 3 rings (SSSR count). The first kappa shape index (κ1) is 24.2. The number of nitrogens with zero attached hydrogens (tertiary/aromatic N) is 1. The molecule has 0 saturated carbocycles. The van der Waals surface area contributed by atoms with E-state index in [0.29, 0.717) is 11.4 Å². The summed E-state index contributed by atoms with van der Waals surface area (Å²) in [4.78, 5) is 11.2. The third-order valence-corrected chi connectivity index (χ3v) is 6.53. The molecule has 0 bridgehead atoms. The van der Waals surface area contributed by atoms with Gasteiger partial charge >= 0.3 is 0 Å². The Labute approximate surface area is 192 Å². The number of aryl methyl sites for hydroxylation is 1. The van der Waals surface area contributed by atoms with Crippen molar-refractivity contribution in [3.05, 3.63) is 84.2 Å². The SMILES string of the molecule is CC(=O)Nc1ccc(OCC(O)CN(c2ccc(F)cc2)S(=O)(=O)c2ccc(C)cc2)cc1.